The lowest BCUT2D eigenvalue weighted by Crippen LogP contribution is -2.64. The van der Waals surface area contributed by atoms with Crippen LogP contribution in [0.15, 0.2) is 36.5 Å². The molecule has 3 aliphatic rings. The minimum absolute atomic E-state index is 0.0428. The van der Waals surface area contributed by atoms with Gasteiger partial charge in [0.05, 0.1) is 5.92 Å². The molecule has 3 rings (SSSR count). The van der Waals surface area contributed by atoms with Crippen LogP contribution in [-0.2, 0) is 42.9 Å². The molecule has 1 heterocycles. The lowest BCUT2D eigenvalue weighted by atomic mass is 9.45. The minimum Gasteiger partial charge on any atom is -0.461 e. The van der Waals surface area contributed by atoms with E-state index in [9.17, 15) is 19.2 Å². The number of rotatable bonds is 12. The molecule has 0 N–H and O–H groups in total. The van der Waals surface area contributed by atoms with E-state index in [0.717, 1.165) is 5.57 Å². The Hall–Kier alpha value is -2.94. The van der Waals surface area contributed by atoms with Crippen LogP contribution in [0.4, 0.5) is 0 Å². The van der Waals surface area contributed by atoms with Gasteiger partial charge in [-0.05, 0) is 61.9 Å². The Balaban J connectivity index is 2.28. The molecule has 9 heteroatoms. The molecule has 0 radical (unpaired) electrons. The van der Waals surface area contributed by atoms with Gasteiger partial charge in [0.1, 0.15) is 17.6 Å². The van der Waals surface area contributed by atoms with Gasteiger partial charge in [-0.1, -0.05) is 59.4 Å². The first-order chi connectivity index (χ1) is 19.7. The Morgan fingerprint density at radius 3 is 2.31 bits per heavy atom. The number of ether oxygens (including phenoxy) is 5. The Morgan fingerprint density at radius 1 is 1.07 bits per heavy atom. The van der Waals surface area contributed by atoms with E-state index in [1.807, 2.05) is 20.8 Å². The molecule has 0 bridgehead atoms. The van der Waals surface area contributed by atoms with Crippen molar-refractivity contribution in [3.63, 3.8) is 0 Å². The first kappa shape index (κ1) is 33.6. The molecule has 9 atom stereocenters. The molecule has 0 aromatic carbocycles. The van der Waals surface area contributed by atoms with E-state index in [1.165, 1.54) is 13.8 Å². The second-order valence-electron chi connectivity index (χ2n) is 12.4. The fourth-order valence-corrected chi connectivity index (χ4v) is 6.98. The molecule has 234 valence electrons. The highest BCUT2D eigenvalue weighted by molar-refractivity contribution is 5.72. The van der Waals surface area contributed by atoms with Crippen molar-refractivity contribution >= 4 is 23.9 Å². The van der Waals surface area contributed by atoms with Crippen LogP contribution >= 0.6 is 0 Å². The summed E-state index contributed by atoms with van der Waals surface area (Å²) in [7, 11) is 0. The van der Waals surface area contributed by atoms with Crippen LogP contribution in [0.5, 0.6) is 0 Å². The maximum Gasteiger partial charge on any atom is 0.309 e. The smallest absolute Gasteiger partial charge is 0.309 e. The van der Waals surface area contributed by atoms with Crippen LogP contribution in [0.2, 0.25) is 0 Å². The van der Waals surface area contributed by atoms with Crippen molar-refractivity contribution in [3.8, 4) is 0 Å². The van der Waals surface area contributed by atoms with Crippen LogP contribution in [0.1, 0.15) is 93.4 Å². The van der Waals surface area contributed by atoms with Crippen molar-refractivity contribution in [2.75, 3.05) is 0 Å². The molecule has 9 nitrogen and oxygen atoms in total. The van der Waals surface area contributed by atoms with Gasteiger partial charge in [-0.3, -0.25) is 23.9 Å². The summed E-state index contributed by atoms with van der Waals surface area (Å²) in [4.78, 5) is 50.8. The zero-order valence-corrected chi connectivity index (χ0v) is 26.2. The molecular formula is C33H48O9. The van der Waals surface area contributed by atoms with Crippen LogP contribution < -0.4 is 0 Å². The van der Waals surface area contributed by atoms with Crippen molar-refractivity contribution in [1.29, 1.82) is 0 Å². The number of hydrogen-bond donors (Lipinski definition) is 0. The number of allylic oxidation sites excluding steroid dienone is 2. The summed E-state index contributed by atoms with van der Waals surface area (Å²) in [5, 5.41) is 0. The van der Waals surface area contributed by atoms with E-state index < -0.39 is 47.6 Å². The van der Waals surface area contributed by atoms with Gasteiger partial charge in [-0.2, -0.15) is 0 Å². The lowest BCUT2D eigenvalue weighted by molar-refractivity contribution is -0.258. The standard InChI is InChI=1S/C33H48O9/c1-10-13-28(36)41-27-16-21(6)32(9,15-14-19(4)11-2)26-18-24(40-29(37)20(5)12-3)17-25-30(38-22(7)34)42-31(33(25,26)27)39-23(8)35/h11,17,20-21,24,26-27,30-31H,2,4,10,12-16,18H2,1,3,5-9H3/t20?,21-,24+,26+,27+,30+,31-,32-,33+/m0/s1. The van der Waals surface area contributed by atoms with Crippen LogP contribution in [0.3, 0.4) is 0 Å². The SMILES string of the molecule is C=CC(=C)CC[C@]1(C)[C@H]2C[C@H](OC(=O)C(C)CC)C=C3[C@H](OC(C)=O)O[C@H](OC(C)=O)[C@]32[C@H](OC(=O)CCC)C[C@@H]1C. The first-order valence-corrected chi connectivity index (χ1v) is 15.2. The molecule has 0 aromatic rings. The molecule has 2 aliphatic carbocycles. The molecule has 1 saturated heterocycles. The topological polar surface area (TPSA) is 114 Å². The highest BCUT2D eigenvalue weighted by atomic mass is 16.8. The fraction of sp³-hybridized carbons (Fsp3) is 0.697. The van der Waals surface area contributed by atoms with Gasteiger partial charge in [-0.25, -0.2) is 0 Å². The van der Waals surface area contributed by atoms with E-state index in [2.05, 4.69) is 27.0 Å². The molecule has 1 saturated carbocycles. The molecule has 0 aromatic heterocycles. The summed E-state index contributed by atoms with van der Waals surface area (Å²) < 4.78 is 30.0. The summed E-state index contributed by atoms with van der Waals surface area (Å²) in [6.45, 7) is 20.5. The van der Waals surface area contributed by atoms with Gasteiger partial charge in [0, 0.05) is 25.8 Å². The van der Waals surface area contributed by atoms with E-state index in [0.29, 0.717) is 44.1 Å². The third kappa shape index (κ3) is 6.51. The lowest BCUT2D eigenvalue weighted by Gasteiger charge is -2.61. The van der Waals surface area contributed by atoms with Crippen molar-refractivity contribution in [3.05, 3.63) is 36.5 Å². The second-order valence-corrected chi connectivity index (χ2v) is 12.4. The summed E-state index contributed by atoms with van der Waals surface area (Å²) in [6, 6.07) is 0. The predicted molar refractivity (Wildman–Crippen MR) is 155 cm³/mol. The Bertz CT molecular complexity index is 1110. The Kier molecular flexibility index (Phi) is 10.8. The fourth-order valence-electron chi connectivity index (χ4n) is 6.98. The highest BCUT2D eigenvalue weighted by Crippen LogP contribution is 2.68. The van der Waals surface area contributed by atoms with E-state index >= 15 is 0 Å². The highest BCUT2D eigenvalue weighted by Gasteiger charge is 2.72. The van der Waals surface area contributed by atoms with E-state index in [4.69, 9.17) is 23.7 Å². The van der Waals surface area contributed by atoms with Gasteiger partial charge < -0.3 is 18.9 Å². The zero-order chi connectivity index (χ0) is 31.4. The zero-order valence-electron chi connectivity index (χ0n) is 26.2. The predicted octanol–water partition coefficient (Wildman–Crippen LogP) is 5.97. The molecule has 1 unspecified atom stereocenters. The molecule has 42 heavy (non-hydrogen) atoms. The van der Waals surface area contributed by atoms with Crippen molar-refractivity contribution in [1.82, 2.24) is 0 Å². The van der Waals surface area contributed by atoms with Gasteiger partial charge in [-0.15, -0.1) is 0 Å². The van der Waals surface area contributed by atoms with Gasteiger partial charge in [0.15, 0.2) is 0 Å². The van der Waals surface area contributed by atoms with E-state index in [1.54, 1.807) is 12.2 Å². The number of esters is 4. The average Bonchev–Trinajstić information content (AvgIpc) is 3.21. The van der Waals surface area contributed by atoms with Crippen LogP contribution in [-0.4, -0.2) is 48.7 Å². The molecule has 1 spiro atoms. The van der Waals surface area contributed by atoms with Crippen molar-refractivity contribution in [2.45, 2.75) is 118 Å². The number of carbonyl (C=O) groups excluding carboxylic acids is 4. The third-order valence-corrected chi connectivity index (χ3v) is 9.65. The monoisotopic (exact) mass is 588 g/mol. The maximum atomic E-state index is 13.0. The maximum absolute atomic E-state index is 13.0. The van der Waals surface area contributed by atoms with Crippen molar-refractivity contribution in [2.24, 2.45) is 28.6 Å². The van der Waals surface area contributed by atoms with Gasteiger partial charge >= 0.3 is 23.9 Å². The summed E-state index contributed by atoms with van der Waals surface area (Å²) >= 11 is 0. The normalized spacial score (nSPS) is 34.1. The largest absolute Gasteiger partial charge is 0.461 e. The number of hydrogen-bond acceptors (Lipinski definition) is 9. The van der Waals surface area contributed by atoms with Gasteiger partial charge in [0.25, 0.3) is 0 Å². The van der Waals surface area contributed by atoms with Crippen LogP contribution in [0.25, 0.3) is 0 Å². The second kappa shape index (κ2) is 13.6. The quantitative estimate of drug-likeness (QED) is 0.118. The summed E-state index contributed by atoms with van der Waals surface area (Å²) in [6.07, 6.45) is 3.35. The van der Waals surface area contributed by atoms with Gasteiger partial charge in [0.2, 0.25) is 12.6 Å². The Labute approximate surface area is 250 Å². The molecular weight excluding hydrogens is 540 g/mol. The van der Waals surface area contributed by atoms with E-state index in [-0.39, 0.29) is 36.1 Å². The third-order valence-electron chi connectivity index (χ3n) is 9.65. The van der Waals surface area contributed by atoms with Crippen LogP contribution in [0, 0.1) is 28.6 Å². The molecule has 0 amide bonds. The van der Waals surface area contributed by atoms with Crippen molar-refractivity contribution < 1.29 is 42.9 Å². The number of carbonyl (C=O) groups is 4. The first-order valence-electron chi connectivity index (χ1n) is 15.2. The Morgan fingerprint density at radius 2 is 1.74 bits per heavy atom. The molecule has 2 fully saturated rings. The molecule has 1 aliphatic heterocycles. The summed E-state index contributed by atoms with van der Waals surface area (Å²) in [5.74, 6) is -2.49. The minimum atomic E-state index is -1.22. The summed E-state index contributed by atoms with van der Waals surface area (Å²) in [5.41, 5.74) is -0.229. The average molecular weight is 589 g/mol.